The molecule has 0 spiro atoms. The second-order valence-corrected chi connectivity index (χ2v) is 10.3. The van der Waals surface area contributed by atoms with Crippen molar-refractivity contribution in [1.82, 2.24) is 0 Å². The van der Waals surface area contributed by atoms with Crippen LogP contribution in [0, 0.1) is 0 Å². The molecule has 0 amide bonds. The third-order valence-electron chi connectivity index (χ3n) is 1.21. The minimum absolute atomic E-state index is 0.204. The molecule has 0 saturated carbocycles. The Bertz CT molecular complexity index is 23.4. The molecule has 0 aliphatic rings. The molecule has 0 rings (SSSR count). The molecule has 0 heterocycles. The fourth-order valence-electron chi connectivity index (χ4n) is 0.677. The van der Waals surface area contributed by atoms with Gasteiger partial charge in [-0.25, -0.2) is 0 Å². The molecule has 7 heavy (non-hydrogen) atoms. The first-order valence-electron chi connectivity index (χ1n) is 3.41. The maximum atomic E-state index is 2.30. The van der Waals surface area contributed by atoms with Crippen LogP contribution in [-0.4, -0.2) is 0 Å². The van der Waals surface area contributed by atoms with Crippen LogP contribution in [0.3, 0.4) is 0 Å². The Hall–Kier alpha value is 0.935. The summed E-state index contributed by atoms with van der Waals surface area (Å²) in [5, 5.41) is 0. The van der Waals surface area contributed by atoms with Crippen molar-refractivity contribution < 1.29 is 24.6 Å². The zero-order valence-corrected chi connectivity index (χ0v) is 11.0. The van der Waals surface area contributed by atoms with Crippen LogP contribution in [0.4, 0.5) is 0 Å². The van der Waals surface area contributed by atoms with E-state index in [0.29, 0.717) is 0 Å². The van der Waals surface area contributed by atoms with Gasteiger partial charge in [-0.15, -0.1) is 0 Å². The van der Waals surface area contributed by atoms with Crippen LogP contribution in [0.1, 0.15) is 26.7 Å². The van der Waals surface area contributed by atoms with Gasteiger partial charge < -0.3 is 0 Å². The van der Waals surface area contributed by atoms with Gasteiger partial charge in [0.05, 0.1) is 0 Å². The normalized spacial score (nSPS) is 8.29. The molecule has 0 atom stereocenters. The molecule has 0 fully saturated rings. The Morgan fingerprint density at radius 1 is 1.00 bits per heavy atom. The van der Waals surface area contributed by atoms with Gasteiger partial charge in [-0.3, -0.25) is 0 Å². The van der Waals surface area contributed by atoms with Gasteiger partial charge in [0.2, 0.25) is 0 Å². The molecule has 0 radical (unpaired) electrons. The molecule has 40 valence electrons. The standard InChI is InChI=1S/2C3H7.Hg/c2*1-3-2;/h2*1,3H2,2H3;. The first-order chi connectivity index (χ1) is 3.41. The van der Waals surface area contributed by atoms with E-state index in [-0.39, 0.29) is 24.6 Å². The van der Waals surface area contributed by atoms with E-state index in [1.807, 2.05) is 0 Å². The Labute approximate surface area is 59.1 Å². The molecule has 0 aromatic carbocycles. The summed E-state index contributed by atoms with van der Waals surface area (Å²) in [5.41, 5.74) is 0. The fourth-order valence-corrected chi connectivity index (χ4v) is 5.94. The second-order valence-electron chi connectivity index (χ2n) is 2.06. The van der Waals surface area contributed by atoms with Crippen LogP contribution in [0.5, 0.6) is 0 Å². The maximum absolute atomic E-state index is 2.30. The van der Waals surface area contributed by atoms with Crippen molar-refractivity contribution in [3.8, 4) is 0 Å². The van der Waals surface area contributed by atoms with Crippen molar-refractivity contribution in [1.29, 1.82) is 0 Å². The Kier molecular flexibility index (Phi) is 7.86. The van der Waals surface area contributed by atoms with Gasteiger partial charge in [-0.1, -0.05) is 0 Å². The zero-order valence-electron chi connectivity index (χ0n) is 5.54. The van der Waals surface area contributed by atoms with Crippen molar-refractivity contribution in [2.75, 3.05) is 0 Å². The van der Waals surface area contributed by atoms with E-state index in [1.165, 1.54) is 12.8 Å². The van der Waals surface area contributed by atoms with Gasteiger partial charge in [-0.2, -0.15) is 0 Å². The van der Waals surface area contributed by atoms with Crippen LogP contribution in [0.25, 0.3) is 0 Å². The predicted octanol–water partition coefficient (Wildman–Crippen LogP) is 2.73. The molecule has 0 nitrogen and oxygen atoms in total. The van der Waals surface area contributed by atoms with Crippen molar-refractivity contribution in [3.05, 3.63) is 0 Å². The predicted molar refractivity (Wildman–Crippen MR) is 30.2 cm³/mol. The van der Waals surface area contributed by atoms with Crippen molar-refractivity contribution in [3.63, 3.8) is 0 Å². The van der Waals surface area contributed by atoms with Crippen LogP contribution >= 0.6 is 0 Å². The number of hydrogen-bond donors (Lipinski definition) is 0. The van der Waals surface area contributed by atoms with Crippen LogP contribution in [0.15, 0.2) is 0 Å². The summed E-state index contributed by atoms with van der Waals surface area (Å²) >= 11 is -0.204. The molecule has 0 unspecified atom stereocenters. The van der Waals surface area contributed by atoms with Crippen LogP contribution in [-0.2, 0) is 24.6 Å². The van der Waals surface area contributed by atoms with E-state index < -0.39 is 0 Å². The summed E-state index contributed by atoms with van der Waals surface area (Å²) in [6.45, 7) is 4.60. The minimum atomic E-state index is -0.204. The van der Waals surface area contributed by atoms with E-state index in [4.69, 9.17) is 0 Å². The topological polar surface area (TPSA) is 0 Å². The van der Waals surface area contributed by atoms with Crippen molar-refractivity contribution in [2.45, 2.75) is 34.5 Å². The first kappa shape index (κ1) is 7.94. The second kappa shape index (κ2) is 6.94. The van der Waals surface area contributed by atoms with Crippen molar-refractivity contribution >= 4 is 0 Å². The molecule has 0 bridgehead atoms. The van der Waals surface area contributed by atoms with E-state index in [1.54, 1.807) is 7.86 Å². The van der Waals surface area contributed by atoms with Gasteiger partial charge >= 0.3 is 59.1 Å². The molecule has 0 aliphatic carbocycles. The van der Waals surface area contributed by atoms with E-state index in [9.17, 15) is 0 Å². The molecule has 0 N–H and O–H groups in total. The first-order valence-corrected chi connectivity index (χ1v) is 11.2. The number of rotatable bonds is 4. The van der Waals surface area contributed by atoms with Gasteiger partial charge in [0, 0.05) is 0 Å². The average Bonchev–Trinajstić information content (AvgIpc) is 1.69. The Morgan fingerprint density at radius 2 is 1.43 bits per heavy atom. The van der Waals surface area contributed by atoms with Gasteiger partial charge in [-0.05, 0) is 0 Å². The summed E-state index contributed by atoms with van der Waals surface area (Å²) in [6.07, 6.45) is 2.92. The molecule has 0 aromatic heterocycles. The summed E-state index contributed by atoms with van der Waals surface area (Å²) in [5.74, 6) is 0. The van der Waals surface area contributed by atoms with E-state index in [2.05, 4.69) is 13.8 Å². The molecular weight excluding hydrogens is 273 g/mol. The molecular formula is C6H14Hg. The van der Waals surface area contributed by atoms with E-state index in [0.717, 1.165) is 0 Å². The van der Waals surface area contributed by atoms with Gasteiger partial charge in [0.1, 0.15) is 0 Å². The summed E-state index contributed by atoms with van der Waals surface area (Å²) in [4.78, 5) is 0. The van der Waals surface area contributed by atoms with Crippen LogP contribution in [0.2, 0.25) is 7.86 Å². The molecule has 0 saturated heterocycles. The SMILES string of the molecule is CC[CH2][Hg][CH2]CC. The van der Waals surface area contributed by atoms with Crippen molar-refractivity contribution in [2.24, 2.45) is 0 Å². The fraction of sp³-hybridized carbons (Fsp3) is 1.00. The summed E-state index contributed by atoms with van der Waals surface area (Å²) in [6, 6.07) is 0. The third kappa shape index (κ3) is 6.94. The quantitative estimate of drug-likeness (QED) is 0.551. The third-order valence-corrected chi connectivity index (χ3v) is 10.6. The Morgan fingerprint density at radius 3 is 1.71 bits per heavy atom. The Balaban J connectivity index is 2.45. The van der Waals surface area contributed by atoms with Gasteiger partial charge in [0.25, 0.3) is 0 Å². The summed E-state index contributed by atoms with van der Waals surface area (Å²) in [7, 11) is 0. The summed E-state index contributed by atoms with van der Waals surface area (Å²) < 4.78 is 3.29. The molecule has 1 heteroatoms. The van der Waals surface area contributed by atoms with E-state index >= 15 is 0 Å². The van der Waals surface area contributed by atoms with Crippen LogP contribution < -0.4 is 0 Å². The van der Waals surface area contributed by atoms with Gasteiger partial charge in [0.15, 0.2) is 0 Å². The molecule has 0 aliphatic heterocycles. The zero-order chi connectivity index (χ0) is 5.54. The number of hydrogen-bond acceptors (Lipinski definition) is 0. The molecule has 0 aromatic rings. The average molecular weight is 287 g/mol. The monoisotopic (exact) mass is 288 g/mol.